The summed E-state index contributed by atoms with van der Waals surface area (Å²) < 4.78 is 0.816. The molecular weight excluding hydrogens is 372 g/mol. The van der Waals surface area contributed by atoms with Gasteiger partial charge in [0.1, 0.15) is 0 Å². The molecule has 4 heterocycles. The average Bonchev–Trinajstić information content (AvgIpc) is 3.39. The van der Waals surface area contributed by atoms with Crippen LogP contribution in [-0.4, -0.2) is 40.5 Å². The fourth-order valence-corrected chi connectivity index (χ4v) is 4.23. The number of thiophene rings is 1. The Morgan fingerprint density at radius 1 is 1.36 bits per heavy atom. The number of anilines is 1. The van der Waals surface area contributed by atoms with Gasteiger partial charge in [-0.3, -0.25) is 9.78 Å². The summed E-state index contributed by atoms with van der Waals surface area (Å²) in [6.45, 7) is 4.77. The predicted octanol–water partition coefficient (Wildman–Crippen LogP) is 2.99. The maximum Gasteiger partial charge on any atom is 0.271 e. The standard InChI is InChI=1S/C20H24N6OS/c1-13(15-4-2-3-8-22-15)24-20-25-16-7-11-28-18(16)17(26-20)19(27)23-10-6-14-5-9-21-12-14/h2-4,7-8,11,13-14,21H,5-6,9-10,12H2,1H3,(H,23,27)(H,24,25,26). The van der Waals surface area contributed by atoms with Crippen molar-refractivity contribution in [2.24, 2.45) is 5.92 Å². The number of aromatic nitrogens is 3. The molecule has 2 unspecified atom stereocenters. The molecule has 28 heavy (non-hydrogen) atoms. The molecule has 1 amide bonds. The van der Waals surface area contributed by atoms with E-state index in [1.165, 1.54) is 17.8 Å². The number of hydrogen-bond acceptors (Lipinski definition) is 7. The minimum Gasteiger partial charge on any atom is -0.351 e. The molecule has 1 saturated heterocycles. The van der Waals surface area contributed by atoms with Crippen molar-refractivity contribution in [3.8, 4) is 0 Å². The number of fused-ring (bicyclic) bond motifs is 1. The molecule has 1 aliphatic heterocycles. The van der Waals surface area contributed by atoms with Crippen molar-refractivity contribution in [1.82, 2.24) is 25.6 Å². The van der Waals surface area contributed by atoms with Gasteiger partial charge in [-0.1, -0.05) is 6.07 Å². The third kappa shape index (κ3) is 4.28. The van der Waals surface area contributed by atoms with E-state index in [0.29, 0.717) is 24.1 Å². The highest BCUT2D eigenvalue weighted by molar-refractivity contribution is 7.17. The molecule has 0 saturated carbocycles. The Kier molecular flexibility index (Phi) is 5.78. The predicted molar refractivity (Wildman–Crippen MR) is 112 cm³/mol. The summed E-state index contributed by atoms with van der Waals surface area (Å²) in [7, 11) is 0. The molecule has 1 fully saturated rings. The summed E-state index contributed by atoms with van der Waals surface area (Å²) in [5.41, 5.74) is 2.11. The Labute approximate surface area is 168 Å². The van der Waals surface area contributed by atoms with Crippen LogP contribution in [0.5, 0.6) is 0 Å². The Morgan fingerprint density at radius 2 is 2.29 bits per heavy atom. The molecule has 3 aromatic heterocycles. The maximum absolute atomic E-state index is 12.8. The van der Waals surface area contributed by atoms with E-state index in [-0.39, 0.29) is 11.9 Å². The van der Waals surface area contributed by atoms with Crippen molar-refractivity contribution in [3.05, 3.63) is 47.2 Å². The van der Waals surface area contributed by atoms with Gasteiger partial charge in [-0.05, 0) is 62.4 Å². The SMILES string of the molecule is CC(Nc1nc(C(=O)NCCC2CCNC2)c2sccc2n1)c1ccccn1. The van der Waals surface area contributed by atoms with Gasteiger partial charge >= 0.3 is 0 Å². The molecule has 8 heteroatoms. The minimum atomic E-state index is -0.144. The second-order valence-corrected chi connectivity index (χ2v) is 7.97. The number of carbonyl (C=O) groups excluding carboxylic acids is 1. The number of nitrogens with one attached hydrogen (secondary N) is 3. The van der Waals surface area contributed by atoms with Crippen molar-refractivity contribution in [3.63, 3.8) is 0 Å². The van der Waals surface area contributed by atoms with Gasteiger partial charge in [0.25, 0.3) is 5.91 Å². The van der Waals surface area contributed by atoms with Gasteiger partial charge in [-0.2, -0.15) is 0 Å². The molecule has 0 bridgehead atoms. The maximum atomic E-state index is 12.8. The van der Waals surface area contributed by atoms with Crippen LogP contribution in [0.4, 0.5) is 5.95 Å². The van der Waals surface area contributed by atoms with Gasteiger partial charge < -0.3 is 16.0 Å². The number of carbonyl (C=O) groups is 1. The normalized spacial score (nSPS) is 17.5. The summed E-state index contributed by atoms with van der Waals surface area (Å²) in [5, 5.41) is 11.6. The third-order valence-electron chi connectivity index (χ3n) is 5.00. The fraction of sp³-hybridized carbons (Fsp3) is 0.400. The van der Waals surface area contributed by atoms with Gasteiger partial charge in [-0.15, -0.1) is 11.3 Å². The molecule has 7 nitrogen and oxygen atoms in total. The Morgan fingerprint density at radius 3 is 3.07 bits per heavy atom. The molecule has 0 aromatic carbocycles. The van der Waals surface area contributed by atoms with Crippen LogP contribution in [0.3, 0.4) is 0 Å². The largest absolute Gasteiger partial charge is 0.351 e. The van der Waals surface area contributed by atoms with E-state index in [0.717, 1.165) is 35.4 Å². The van der Waals surface area contributed by atoms with E-state index < -0.39 is 0 Å². The molecular formula is C20H24N6OS. The smallest absolute Gasteiger partial charge is 0.271 e. The Hall–Kier alpha value is -2.58. The lowest BCUT2D eigenvalue weighted by Gasteiger charge is -2.14. The quantitative estimate of drug-likeness (QED) is 0.569. The second-order valence-electron chi connectivity index (χ2n) is 7.05. The number of amides is 1. The molecule has 146 valence electrons. The third-order valence-corrected chi connectivity index (χ3v) is 5.91. The van der Waals surface area contributed by atoms with Crippen LogP contribution in [-0.2, 0) is 0 Å². The van der Waals surface area contributed by atoms with Crippen LogP contribution >= 0.6 is 11.3 Å². The van der Waals surface area contributed by atoms with Crippen LogP contribution < -0.4 is 16.0 Å². The van der Waals surface area contributed by atoms with E-state index >= 15 is 0 Å². The highest BCUT2D eigenvalue weighted by Crippen LogP contribution is 2.25. The molecule has 3 aromatic rings. The topological polar surface area (TPSA) is 91.8 Å². The van der Waals surface area contributed by atoms with Gasteiger partial charge in [0.15, 0.2) is 5.69 Å². The number of rotatable bonds is 7. The van der Waals surface area contributed by atoms with Crippen molar-refractivity contribution in [2.45, 2.75) is 25.8 Å². The first-order valence-electron chi connectivity index (χ1n) is 9.62. The van der Waals surface area contributed by atoms with Crippen LogP contribution in [0.2, 0.25) is 0 Å². The molecule has 2 atom stereocenters. The first-order valence-corrected chi connectivity index (χ1v) is 10.5. The Balaban J connectivity index is 1.49. The van der Waals surface area contributed by atoms with Crippen molar-refractivity contribution < 1.29 is 4.79 Å². The van der Waals surface area contributed by atoms with Gasteiger partial charge in [-0.25, -0.2) is 9.97 Å². The monoisotopic (exact) mass is 396 g/mol. The zero-order valence-corrected chi connectivity index (χ0v) is 16.6. The van der Waals surface area contributed by atoms with E-state index in [2.05, 4.69) is 30.9 Å². The van der Waals surface area contributed by atoms with Crippen molar-refractivity contribution >= 4 is 33.4 Å². The summed E-state index contributed by atoms with van der Waals surface area (Å²) in [4.78, 5) is 26.2. The number of nitrogens with zero attached hydrogens (tertiary/aromatic N) is 3. The van der Waals surface area contributed by atoms with E-state index in [1.54, 1.807) is 6.20 Å². The highest BCUT2D eigenvalue weighted by Gasteiger charge is 2.19. The molecule has 1 aliphatic rings. The first kappa shape index (κ1) is 18.8. The lowest BCUT2D eigenvalue weighted by molar-refractivity contribution is 0.0948. The molecule has 4 rings (SSSR count). The molecule has 0 spiro atoms. The lowest BCUT2D eigenvalue weighted by Crippen LogP contribution is -2.27. The van der Waals surface area contributed by atoms with Crippen molar-refractivity contribution in [2.75, 3.05) is 25.0 Å². The highest BCUT2D eigenvalue weighted by atomic mass is 32.1. The first-order chi connectivity index (χ1) is 13.7. The van der Waals surface area contributed by atoms with E-state index in [1.807, 2.05) is 36.6 Å². The summed E-state index contributed by atoms with van der Waals surface area (Å²) >= 11 is 1.49. The number of hydrogen-bond donors (Lipinski definition) is 3. The number of pyridine rings is 1. The van der Waals surface area contributed by atoms with Crippen molar-refractivity contribution in [1.29, 1.82) is 0 Å². The van der Waals surface area contributed by atoms with Crippen LogP contribution in [0.15, 0.2) is 35.8 Å². The zero-order valence-electron chi connectivity index (χ0n) is 15.8. The summed E-state index contributed by atoms with van der Waals surface area (Å²) in [6.07, 6.45) is 3.92. The zero-order chi connectivity index (χ0) is 19.3. The fourth-order valence-electron chi connectivity index (χ4n) is 3.42. The van der Waals surface area contributed by atoms with E-state index in [4.69, 9.17) is 0 Å². The minimum absolute atomic E-state index is 0.0666. The molecule has 0 aliphatic carbocycles. The lowest BCUT2D eigenvalue weighted by atomic mass is 10.1. The van der Waals surface area contributed by atoms with Gasteiger partial charge in [0, 0.05) is 12.7 Å². The average molecular weight is 397 g/mol. The van der Waals surface area contributed by atoms with Crippen LogP contribution in [0.25, 0.3) is 10.2 Å². The van der Waals surface area contributed by atoms with Gasteiger partial charge in [0.2, 0.25) is 5.95 Å². The summed E-state index contributed by atoms with van der Waals surface area (Å²) in [5.74, 6) is 0.937. The van der Waals surface area contributed by atoms with E-state index in [9.17, 15) is 4.79 Å². The second kappa shape index (κ2) is 8.62. The van der Waals surface area contributed by atoms with Crippen LogP contribution in [0, 0.1) is 5.92 Å². The summed E-state index contributed by atoms with van der Waals surface area (Å²) in [6, 6.07) is 7.63. The van der Waals surface area contributed by atoms with Gasteiger partial charge in [0.05, 0.1) is 22.0 Å². The molecule has 0 radical (unpaired) electrons. The molecule has 3 N–H and O–H groups in total. The van der Waals surface area contributed by atoms with Crippen LogP contribution in [0.1, 0.15) is 42.0 Å². The Bertz CT molecular complexity index is 938.